The molecule has 0 saturated heterocycles. The van der Waals surface area contributed by atoms with Crippen LogP contribution < -0.4 is 4.90 Å². The van der Waals surface area contributed by atoms with Gasteiger partial charge in [0, 0.05) is 19.3 Å². The van der Waals surface area contributed by atoms with E-state index < -0.39 is 10.0 Å². The molecule has 0 bridgehead atoms. The number of anilines is 1. The lowest BCUT2D eigenvalue weighted by Crippen LogP contribution is -2.32. The van der Waals surface area contributed by atoms with Gasteiger partial charge >= 0.3 is 0 Å². The van der Waals surface area contributed by atoms with Gasteiger partial charge < -0.3 is 4.90 Å². The predicted molar refractivity (Wildman–Crippen MR) is 81.2 cm³/mol. The van der Waals surface area contributed by atoms with E-state index in [-0.39, 0.29) is 18.0 Å². The predicted octanol–water partition coefficient (Wildman–Crippen LogP) is 1.22. The van der Waals surface area contributed by atoms with E-state index in [1.165, 1.54) is 0 Å². The maximum Gasteiger partial charge on any atom is 0.244 e. The molecular formula is C15H17N3O2S. The van der Waals surface area contributed by atoms with Crippen LogP contribution in [0.5, 0.6) is 0 Å². The normalized spacial score (nSPS) is 14.4. The Bertz CT molecular complexity index is 697. The van der Waals surface area contributed by atoms with Gasteiger partial charge in [0.15, 0.2) is 0 Å². The van der Waals surface area contributed by atoms with E-state index >= 15 is 0 Å². The Kier molecular flexibility index (Phi) is 4.52. The molecule has 1 aliphatic heterocycles. The average Bonchev–Trinajstić information content (AvgIpc) is 2.47. The third-order valence-electron chi connectivity index (χ3n) is 3.56. The lowest BCUT2D eigenvalue weighted by molar-refractivity contribution is 0.481. The molecule has 6 heteroatoms. The van der Waals surface area contributed by atoms with Gasteiger partial charge in [0.2, 0.25) is 10.0 Å². The fourth-order valence-corrected chi connectivity index (χ4v) is 3.72. The van der Waals surface area contributed by atoms with Crippen molar-refractivity contribution in [2.45, 2.75) is 17.7 Å². The number of fused-ring (bicyclic) bond motifs is 1. The average molecular weight is 303 g/mol. The van der Waals surface area contributed by atoms with Crippen molar-refractivity contribution in [3.8, 4) is 18.4 Å². The van der Waals surface area contributed by atoms with E-state index in [1.807, 2.05) is 24.1 Å². The van der Waals surface area contributed by atoms with Gasteiger partial charge in [-0.05, 0) is 30.5 Å². The summed E-state index contributed by atoms with van der Waals surface area (Å²) in [6.07, 6.45) is 7.21. The molecule has 0 aromatic heterocycles. The van der Waals surface area contributed by atoms with Crippen molar-refractivity contribution in [3.63, 3.8) is 0 Å². The van der Waals surface area contributed by atoms with Crippen LogP contribution in [0.15, 0.2) is 23.1 Å². The summed E-state index contributed by atoms with van der Waals surface area (Å²) in [4.78, 5) is 2.23. The summed E-state index contributed by atoms with van der Waals surface area (Å²) in [7, 11) is -1.79. The van der Waals surface area contributed by atoms with Gasteiger partial charge in [-0.3, -0.25) is 0 Å². The van der Waals surface area contributed by atoms with Crippen LogP contribution in [0.2, 0.25) is 0 Å². The van der Waals surface area contributed by atoms with E-state index in [9.17, 15) is 8.42 Å². The zero-order chi connectivity index (χ0) is 15.5. The molecule has 0 radical (unpaired) electrons. The molecule has 1 aromatic carbocycles. The summed E-state index contributed by atoms with van der Waals surface area (Å²) in [6.45, 7) is 0.547. The number of rotatable bonds is 4. The Morgan fingerprint density at radius 3 is 2.86 bits per heavy atom. The number of nitrogens with zero attached hydrogens (tertiary/aromatic N) is 3. The van der Waals surface area contributed by atoms with Crippen molar-refractivity contribution < 1.29 is 8.42 Å². The van der Waals surface area contributed by atoms with E-state index in [4.69, 9.17) is 11.7 Å². The highest BCUT2D eigenvalue weighted by Gasteiger charge is 2.25. The van der Waals surface area contributed by atoms with Crippen molar-refractivity contribution in [2.75, 3.05) is 31.6 Å². The first-order valence-corrected chi connectivity index (χ1v) is 8.09. The monoisotopic (exact) mass is 303 g/mol. The summed E-state index contributed by atoms with van der Waals surface area (Å²) >= 11 is 0. The molecule has 1 heterocycles. The van der Waals surface area contributed by atoms with Gasteiger partial charge in [-0.1, -0.05) is 12.0 Å². The molecular weight excluding hydrogens is 286 g/mol. The Morgan fingerprint density at radius 2 is 2.19 bits per heavy atom. The lowest BCUT2D eigenvalue weighted by Gasteiger charge is -2.28. The van der Waals surface area contributed by atoms with Gasteiger partial charge in [-0.15, -0.1) is 6.42 Å². The summed E-state index contributed by atoms with van der Waals surface area (Å²) in [5.41, 5.74) is 2.08. The van der Waals surface area contributed by atoms with Gasteiger partial charge in [-0.25, -0.2) is 8.42 Å². The number of hydrogen-bond donors (Lipinski definition) is 0. The number of benzene rings is 1. The zero-order valence-electron chi connectivity index (χ0n) is 11.9. The Balaban J connectivity index is 2.43. The second kappa shape index (κ2) is 6.17. The van der Waals surface area contributed by atoms with Crippen molar-refractivity contribution in [1.82, 2.24) is 4.31 Å². The van der Waals surface area contributed by atoms with Crippen molar-refractivity contribution in [1.29, 1.82) is 5.26 Å². The Morgan fingerprint density at radius 1 is 1.43 bits per heavy atom. The molecule has 0 spiro atoms. The summed E-state index contributed by atoms with van der Waals surface area (Å²) in [6, 6.07) is 6.95. The van der Waals surface area contributed by atoms with E-state index in [0.717, 1.165) is 34.9 Å². The molecule has 21 heavy (non-hydrogen) atoms. The molecule has 0 fully saturated rings. The third kappa shape index (κ3) is 3.02. The zero-order valence-corrected chi connectivity index (χ0v) is 12.7. The van der Waals surface area contributed by atoms with Gasteiger partial charge in [0.1, 0.15) is 6.54 Å². The molecule has 0 N–H and O–H groups in total. The maximum atomic E-state index is 12.6. The van der Waals surface area contributed by atoms with Crippen LogP contribution in [0.3, 0.4) is 0 Å². The maximum absolute atomic E-state index is 12.6. The number of aryl methyl sites for hydroxylation is 1. The molecule has 1 aromatic rings. The van der Waals surface area contributed by atoms with E-state index in [1.54, 1.807) is 12.1 Å². The van der Waals surface area contributed by atoms with Crippen LogP contribution in [0.1, 0.15) is 12.0 Å². The van der Waals surface area contributed by atoms with Crippen molar-refractivity contribution >= 4 is 15.7 Å². The van der Waals surface area contributed by atoms with E-state index in [2.05, 4.69) is 5.92 Å². The molecule has 5 nitrogen and oxygen atoms in total. The summed E-state index contributed by atoms with van der Waals surface area (Å²) in [5, 5.41) is 8.77. The second-order valence-electron chi connectivity index (χ2n) is 4.95. The van der Waals surface area contributed by atoms with Crippen molar-refractivity contribution in [3.05, 3.63) is 23.8 Å². The van der Waals surface area contributed by atoms with Crippen LogP contribution >= 0.6 is 0 Å². The highest BCUT2D eigenvalue weighted by molar-refractivity contribution is 7.89. The first-order chi connectivity index (χ1) is 10.0. The van der Waals surface area contributed by atoms with Gasteiger partial charge in [-0.2, -0.15) is 9.57 Å². The minimum Gasteiger partial charge on any atom is -0.374 e. The fourth-order valence-electron chi connectivity index (χ4n) is 2.45. The minimum atomic E-state index is -3.74. The number of hydrogen-bond acceptors (Lipinski definition) is 4. The van der Waals surface area contributed by atoms with Crippen LogP contribution in [-0.2, 0) is 16.4 Å². The highest BCUT2D eigenvalue weighted by Crippen LogP contribution is 2.29. The summed E-state index contributed by atoms with van der Waals surface area (Å²) < 4.78 is 26.1. The summed E-state index contributed by atoms with van der Waals surface area (Å²) in [5.74, 6) is 2.28. The van der Waals surface area contributed by atoms with Gasteiger partial charge in [0.05, 0.1) is 17.5 Å². The Hall–Kier alpha value is -2.02. The van der Waals surface area contributed by atoms with Crippen LogP contribution in [0.4, 0.5) is 5.69 Å². The standard InChI is InChI=1S/C15H17N3O2S/c1-3-9-18(11-8-16)21(19,20)14-7-6-13-5-4-10-17(2)15(13)12-14/h1,6-7,12H,4-5,9-11H2,2H3. The number of nitriles is 1. The quantitative estimate of drug-likeness (QED) is 0.619. The van der Waals surface area contributed by atoms with Gasteiger partial charge in [0.25, 0.3) is 0 Å². The van der Waals surface area contributed by atoms with Crippen LogP contribution in [0.25, 0.3) is 0 Å². The lowest BCUT2D eigenvalue weighted by atomic mass is 10.0. The Labute approximate surface area is 125 Å². The molecule has 0 unspecified atom stereocenters. The van der Waals surface area contributed by atoms with Crippen molar-refractivity contribution in [2.24, 2.45) is 0 Å². The van der Waals surface area contributed by atoms with Crippen LogP contribution in [-0.4, -0.2) is 39.4 Å². The first-order valence-electron chi connectivity index (χ1n) is 6.65. The third-order valence-corrected chi connectivity index (χ3v) is 5.35. The molecule has 1 aliphatic rings. The van der Waals surface area contributed by atoms with E-state index in [0.29, 0.717) is 0 Å². The SMILES string of the molecule is C#CCN(CC#N)S(=O)(=O)c1ccc2c(c1)N(C)CCC2. The topological polar surface area (TPSA) is 64.4 Å². The molecule has 0 amide bonds. The highest BCUT2D eigenvalue weighted by atomic mass is 32.2. The number of terminal acetylenes is 1. The molecule has 0 aliphatic carbocycles. The molecule has 0 atom stereocenters. The number of sulfonamides is 1. The van der Waals surface area contributed by atoms with Crippen LogP contribution in [0, 0.1) is 23.7 Å². The largest absolute Gasteiger partial charge is 0.374 e. The minimum absolute atomic E-state index is 0.108. The first kappa shape index (κ1) is 15.4. The second-order valence-corrected chi connectivity index (χ2v) is 6.89. The molecule has 110 valence electrons. The molecule has 0 saturated carbocycles. The smallest absolute Gasteiger partial charge is 0.244 e. The fraction of sp³-hybridized carbons (Fsp3) is 0.400. The molecule has 2 rings (SSSR count).